The average molecular weight is 229 g/mol. The van der Waals surface area contributed by atoms with E-state index in [9.17, 15) is 9.59 Å². The SMILES string of the molecule is CC(=O)CCCCCCCCCCC(N)=O.[HH]. The maximum Gasteiger partial charge on any atom is 0.217 e. The molecule has 0 saturated heterocycles. The van der Waals surface area contributed by atoms with E-state index in [0.717, 1.165) is 25.7 Å². The fraction of sp³-hybridized carbons (Fsp3) is 0.846. The minimum absolute atomic E-state index is 0. The summed E-state index contributed by atoms with van der Waals surface area (Å²) in [6.07, 6.45) is 10.4. The van der Waals surface area contributed by atoms with Gasteiger partial charge < -0.3 is 10.5 Å². The van der Waals surface area contributed by atoms with Crippen LogP contribution in [0.15, 0.2) is 0 Å². The lowest BCUT2D eigenvalue weighted by Gasteiger charge is -2.01. The van der Waals surface area contributed by atoms with Crippen molar-refractivity contribution in [1.82, 2.24) is 0 Å². The number of carbonyl (C=O) groups is 2. The van der Waals surface area contributed by atoms with E-state index in [-0.39, 0.29) is 7.33 Å². The number of hydrogen-bond acceptors (Lipinski definition) is 2. The summed E-state index contributed by atoms with van der Waals surface area (Å²) in [5.41, 5.74) is 5.05. The second-order valence-electron chi connectivity index (χ2n) is 4.50. The lowest BCUT2D eigenvalue weighted by Crippen LogP contribution is -2.09. The Labute approximate surface area is 100 Å². The molecule has 0 aliphatic rings. The smallest absolute Gasteiger partial charge is 0.217 e. The Bertz CT molecular complexity index is 186. The van der Waals surface area contributed by atoms with E-state index < -0.39 is 0 Å². The molecule has 0 aromatic heterocycles. The predicted octanol–water partition coefficient (Wildman–Crippen LogP) is 3.21. The summed E-state index contributed by atoms with van der Waals surface area (Å²) in [6, 6.07) is 0. The highest BCUT2D eigenvalue weighted by Gasteiger charge is 1.96. The summed E-state index contributed by atoms with van der Waals surface area (Å²) >= 11 is 0. The summed E-state index contributed by atoms with van der Waals surface area (Å²) in [7, 11) is 0. The molecular weight excluding hydrogens is 202 g/mol. The van der Waals surface area contributed by atoms with Gasteiger partial charge in [0.15, 0.2) is 0 Å². The van der Waals surface area contributed by atoms with Crippen LogP contribution in [0.5, 0.6) is 0 Å². The first-order chi connectivity index (χ1) is 7.63. The van der Waals surface area contributed by atoms with Crippen LogP contribution in [0.1, 0.15) is 72.6 Å². The van der Waals surface area contributed by atoms with Gasteiger partial charge in [-0.15, -0.1) is 0 Å². The van der Waals surface area contributed by atoms with Crippen molar-refractivity contribution in [1.29, 1.82) is 0 Å². The van der Waals surface area contributed by atoms with E-state index in [1.54, 1.807) is 6.92 Å². The van der Waals surface area contributed by atoms with Gasteiger partial charge in [-0.1, -0.05) is 38.5 Å². The fourth-order valence-electron chi connectivity index (χ4n) is 1.73. The van der Waals surface area contributed by atoms with Crippen LogP contribution in [0, 0.1) is 0 Å². The lowest BCUT2D eigenvalue weighted by molar-refractivity contribution is -0.118. The molecule has 1 amide bonds. The number of carbonyl (C=O) groups excluding carboxylic acids is 2. The number of unbranched alkanes of at least 4 members (excludes halogenated alkanes) is 7. The molecule has 16 heavy (non-hydrogen) atoms. The summed E-state index contributed by atoms with van der Waals surface area (Å²) in [5, 5.41) is 0. The van der Waals surface area contributed by atoms with Crippen LogP contribution in [0.2, 0.25) is 0 Å². The highest BCUT2D eigenvalue weighted by atomic mass is 16.1. The van der Waals surface area contributed by atoms with Gasteiger partial charge in [0.05, 0.1) is 0 Å². The highest BCUT2D eigenvalue weighted by Crippen LogP contribution is 2.10. The van der Waals surface area contributed by atoms with Crippen molar-refractivity contribution in [2.75, 3.05) is 0 Å². The zero-order valence-electron chi connectivity index (χ0n) is 10.5. The maximum absolute atomic E-state index is 10.7. The van der Waals surface area contributed by atoms with Crippen LogP contribution in [-0.4, -0.2) is 11.7 Å². The van der Waals surface area contributed by atoms with E-state index in [1.807, 2.05) is 0 Å². The molecule has 3 nitrogen and oxygen atoms in total. The van der Waals surface area contributed by atoms with Gasteiger partial charge in [-0.25, -0.2) is 0 Å². The van der Waals surface area contributed by atoms with Crippen molar-refractivity contribution in [3.63, 3.8) is 0 Å². The Balaban J connectivity index is 0. The quantitative estimate of drug-likeness (QED) is 0.553. The molecule has 0 rings (SSSR count). The molecule has 0 unspecified atom stereocenters. The summed E-state index contributed by atoms with van der Waals surface area (Å²) < 4.78 is 0. The molecule has 3 heteroatoms. The van der Waals surface area contributed by atoms with E-state index in [0.29, 0.717) is 12.2 Å². The Morgan fingerprint density at radius 1 is 0.812 bits per heavy atom. The first-order valence-electron chi connectivity index (χ1n) is 6.40. The van der Waals surface area contributed by atoms with Gasteiger partial charge in [0.2, 0.25) is 5.91 Å². The Morgan fingerprint density at radius 3 is 1.56 bits per heavy atom. The maximum atomic E-state index is 10.7. The van der Waals surface area contributed by atoms with Crippen LogP contribution in [-0.2, 0) is 9.59 Å². The predicted molar refractivity (Wildman–Crippen MR) is 68.2 cm³/mol. The standard InChI is InChI=1S/C13H25NO2.H2/c1-12(15)10-8-6-4-2-3-5-7-9-11-13(14)16;/h2-11H2,1H3,(H2,14,16);1H. The van der Waals surface area contributed by atoms with Crippen LogP contribution in [0.3, 0.4) is 0 Å². The van der Waals surface area contributed by atoms with Gasteiger partial charge in [0.1, 0.15) is 5.78 Å². The molecule has 0 aliphatic carbocycles. The third kappa shape index (κ3) is 13.1. The van der Waals surface area contributed by atoms with E-state index in [1.165, 1.54) is 32.1 Å². The van der Waals surface area contributed by atoms with Crippen molar-refractivity contribution in [2.24, 2.45) is 5.73 Å². The molecule has 96 valence electrons. The lowest BCUT2D eigenvalue weighted by atomic mass is 10.1. The molecule has 0 atom stereocenters. The Hall–Kier alpha value is -0.860. The van der Waals surface area contributed by atoms with Gasteiger partial charge >= 0.3 is 0 Å². The van der Waals surface area contributed by atoms with Crippen LogP contribution < -0.4 is 5.73 Å². The van der Waals surface area contributed by atoms with Gasteiger partial charge in [0.25, 0.3) is 0 Å². The number of rotatable bonds is 11. The summed E-state index contributed by atoms with van der Waals surface area (Å²) in [4.78, 5) is 21.1. The minimum Gasteiger partial charge on any atom is -0.370 e. The van der Waals surface area contributed by atoms with Crippen LogP contribution in [0.25, 0.3) is 0 Å². The number of ketones is 1. The molecule has 0 aliphatic heterocycles. The summed E-state index contributed by atoms with van der Waals surface area (Å²) in [6.45, 7) is 1.65. The zero-order chi connectivity index (χ0) is 12.2. The minimum atomic E-state index is -0.191. The van der Waals surface area contributed by atoms with Gasteiger partial charge in [-0.3, -0.25) is 4.79 Å². The first-order valence-corrected chi connectivity index (χ1v) is 6.40. The molecule has 0 spiro atoms. The molecule has 0 heterocycles. The van der Waals surface area contributed by atoms with Crippen molar-refractivity contribution in [3.05, 3.63) is 0 Å². The van der Waals surface area contributed by atoms with Gasteiger partial charge in [-0.2, -0.15) is 0 Å². The van der Waals surface area contributed by atoms with E-state index in [4.69, 9.17) is 5.73 Å². The monoisotopic (exact) mass is 229 g/mol. The number of nitrogens with two attached hydrogens (primary N) is 1. The van der Waals surface area contributed by atoms with E-state index in [2.05, 4.69) is 0 Å². The fourth-order valence-corrected chi connectivity index (χ4v) is 1.73. The van der Waals surface area contributed by atoms with Gasteiger partial charge in [-0.05, 0) is 19.8 Å². The molecule has 0 aromatic carbocycles. The van der Waals surface area contributed by atoms with Crippen LogP contribution >= 0.6 is 0 Å². The number of primary amides is 1. The average Bonchev–Trinajstić information content (AvgIpc) is 2.20. The van der Waals surface area contributed by atoms with Crippen molar-refractivity contribution < 1.29 is 11.0 Å². The van der Waals surface area contributed by atoms with Gasteiger partial charge in [0, 0.05) is 14.3 Å². The Kier molecular flexibility index (Phi) is 10.1. The third-order valence-electron chi connectivity index (χ3n) is 2.70. The van der Waals surface area contributed by atoms with Crippen LogP contribution in [0.4, 0.5) is 0 Å². The topological polar surface area (TPSA) is 60.2 Å². The largest absolute Gasteiger partial charge is 0.370 e. The van der Waals surface area contributed by atoms with Crippen molar-refractivity contribution >= 4 is 11.7 Å². The normalized spacial score (nSPS) is 10.3. The summed E-state index contributed by atoms with van der Waals surface area (Å²) in [5.74, 6) is 0.107. The molecule has 0 aromatic rings. The molecule has 0 bridgehead atoms. The van der Waals surface area contributed by atoms with Crippen molar-refractivity contribution in [2.45, 2.75) is 71.1 Å². The molecule has 0 saturated carbocycles. The second kappa shape index (κ2) is 10.7. The number of amides is 1. The molecular formula is C13H27NO2. The third-order valence-corrected chi connectivity index (χ3v) is 2.70. The first kappa shape index (κ1) is 15.1. The molecule has 2 N–H and O–H groups in total. The second-order valence-corrected chi connectivity index (χ2v) is 4.50. The van der Waals surface area contributed by atoms with Crippen molar-refractivity contribution in [3.8, 4) is 0 Å². The highest BCUT2D eigenvalue weighted by molar-refractivity contribution is 5.75. The number of Topliss-reactive ketones (excluding diaryl/α,β-unsaturated/α-hetero) is 1. The molecule has 0 radical (unpaired) electrons. The Morgan fingerprint density at radius 2 is 1.19 bits per heavy atom. The molecule has 0 fully saturated rings. The number of hydrogen-bond donors (Lipinski definition) is 1. The van der Waals surface area contributed by atoms with E-state index >= 15 is 0 Å². The zero-order valence-corrected chi connectivity index (χ0v) is 10.5.